The van der Waals surface area contributed by atoms with E-state index in [4.69, 9.17) is 9.47 Å². The van der Waals surface area contributed by atoms with Gasteiger partial charge in [-0.05, 0) is 23.6 Å². The summed E-state index contributed by atoms with van der Waals surface area (Å²) in [6.45, 7) is 0.193. The first kappa shape index (κ1) is 16.5. The van der Waals surface area contributed by atoms with Gasteiger partial charge in [0.25, 0.3) is 5.91 Å². The van der Waals surface area contributed by atoms with E-state index in [1.54, 1.807) is 30.6 Å². The first-order valence-corrected chi connectivity index (χ1v) is 9.35. The molecule has 28 heavy (non-hydrogen) atoms. The van der Waals surface area contributed by atoms with Crippen LogP contribution in [-0.2, 0) is 0 Å². The number of pyridine rings is 1. The highest BCUT2D eigenvalue weighted by Gasteiger charge is 2.16. The fourth-order valence-corrected chi connectivity index (χ4v) is 3.63. The van der Waals surface area contributed by atoms with Crippen molar-refractivity contribution < 1.29 is 14.3 Å². The molecule has 0 radical (unpaired) electrons. The molecule has 8 heteroatoms. The van der Waals surface area contributed by atoms with Crippen LogP contribution in [-0.4, -0.2) is 22.7 Å². The van der Waals surface area contributed by atoms with Gasteiger partial charge < -0.3 is 20.1 Å². The lowest BCUT2D eigenvalue weighted by molar-refractivity contribution is 0.103. The van der Waals surface area contributed by atoms with Crippen LogP contribution in [0.15, 0.2) is 60.9 Å². The van der Waals surface area contributed by atoms with Crippen molar-refractivity contribution >= 4 is 44.7 Å². The molecule has 0 spiro atoms. The highest BCUT2D eigenvalue weighted by atomic mass is 32.1. The number of rotatable bonds is 4. The van der Waals surface area contributed by atoms with Crippen LogP contribution in [0.5, 0.6) is 11.5 Å². The number of carbonyl (C=O) groups is 1. The Kier molecular flexibility index (Phi) is 4.02. The highest BCUT2D eigenvalue weighted by Crippen LogP contribution is 2.34. The molecule has 0 fully saturated rings. The highest BCUT2D eigenvalue weighted by molar-refractivity contribution is 7.17. The van der Waals surface area contributed by atoms with Crippen molar-refractivity contribution in [3.63, 3.8) is 0 Å². The van der Waals surface area contributed by atoms with Gasteiger partial charge in [0.15, 0.2) is 16.6 Å². The lowest BCUT2D eigenvalue weighted by Gasteiger charge is -2.06. The first-order chi connectivity index (χ1) is 13.8. The van der Waals surface area contributed by atoms with E-state index in [1.165, 1.54) is 11.3 Å². The number of carbonyl (C=O) groups excluding carboxylic acids is 1. The predicted octanol–water partition coefficient (Wildman–Crippen LogP) is 4.42. The molecule has 1 aliphatic rings. The number of nitrogens with one attached hydrogen (secondary N) is 2. The zero-order valence-corrected chi connectivity index (χ0v) is 15.3. The fraction of sp³-hybridized carbons (Fsp3) is 0.0500. The average molecular weight is 390 g/mol. The van der Waals surface area contributed by atoms with Crippen LogP contribution < -0.4 is 20.1 Å². The summed E-state index contributed by atoms with van der Waals surface area (Å²) in [5.74, 6) is 1.75. The van der Waals surface area contributed by atoms with Crippen molar-refractivity contribution in [1.29, 1.82) is 0 Å². The number of ether oxygens (including phenoxy) is 2. The number of nitrogens with zero attached hydrogens (tertiary/aromatic N) is 2. The summed E-state index contributed by atoms with van der Waals surface area (Å²) in [6, 6.07) is 15.2. The Hall–Kier alpha value is -3.65. The molecule has 138 valence electrons. The average Bonchev–Trinajstić information content (AvgIpc) is 3.37. The molecular formula is C20H14N4O3S. The molecular weight excluding hydrogens is 376 g/mol. The molecule has 7 nitrogen and oxygen atoms in total. The predicted molar refractivity (Wildman–Crippen MR) is 108 cm³/mol. The molecule has 0 saturated carbocycles. The quantitative estimate of drug-likeness (QED) is 0.537. The molecule has 0 saturated heterocycles. The van der Waals surface area contributed by atoms with E-state index in [0.717, 1.165) is 10.8 Å². The summed E-state index contributed by atoms with van der Waals surface area (Å²) in [4.78, 5) is 21.7. The second kappa shape index (κ2) is 6.82. The molecule has 0 unspecified atom stereocenters. The zero-order chi connectivity index (χ0) is 18.9. The molecule has 2 aromatic heterocycles. The maximum Gasteiger partial charge on any atom is 0.267 e. The van der Waals surface area contributed by atoms with Crippen LogP contribution in [0, 0.1) is 0 Å². The number of anilines is 3. The minimum atomic E-state index is -0.240. The summed E-state index contributed by atoms with van der Waals surface area (Å²) in [7, 11) is 0. The van der Waals surface area contributed by atoms with E-state index in [2.05, 4.69) is 20.6 Å². The van der Waals surface area contributed by atoms with Crippen LogP contribution in [0.2, 0.25) is 0 Å². The van der Waals surface area contributed by atoms with Gasteiger partial charge in [-0.1, -0.05) is 35.6 Å². The Labute approximate surface area is 164 Å². The van der Waals surface area contributed by atoms with Crippen LogP contribution in [0.1, 0.15) is 9.67 Å². The van der Waals surface area contributed by atoms with Gasteiger partial charge in [0.05, 0.1) is 6.20 Å². The van der Waals surface area contributed by atoms with Gasteiger partial charge in [-0.3, -0.25) is 4.79 Å². The number of amides is 1. The molecule has 1 amide bonds. The zero-order valence-electron chi connectivity index (χ0n) is 14.5. The Morgan fingerprint density at radius 3 is 2.89 bits per heavy atom. The number of benzene rings is 2. The molecule has 0 bridgehead atoms. The number of fused-ring (bicyclic) bond motifs is 2. The maximum absolute atomic E-state index is 12.5. The molecule has 1 aliphatic heterocycles. The van der Waals surface area contributed by atoms with Crippen LogP contribution in [0.25, 0.3) is 10.8 Å². The van der Waals surface area contributed by atoms with Gasteiger partial charge in [-0.15, -0.1) is 0 Å². The van der Waals surface area contributed by atoms with E-state index in [9.17, 15) is 4.79 Å². The van der Waals surface area contributed by atoms with E-state index < -0.39 is 0 Å². The summed E-state index contributed by atoms with van der Waals surface area (Å²) in [5, 5.41) is 8.72. The maximum atomic E-state index is 12.5. The normalized spacial score (nSPS) is 12.1. The van der Waals surface area contributed by atoms with Gasteiger partial charge in [0.2, 0.25) is 6.79 Å². The van der Waals surface area contributed by atoms with E-state index in [1.807, 2.05) is 30.3 Å². The molecule has 4 aromatic rings. The minimum absolute atomic E-state index is 0.193. The summed E-state index contributed by atoms with van der Waals surface area (Å²) >= 11 is 1.26. The molecule has 5 rings (SSSR count). The Balaban J connectivity index is 1.33. The summed E-state index contributed by atoms with van der Waals surface area (Å²) in [5.41, 5.74) is 0.632. The Bertz CT molecular complexity index is 1190. The van der Waals surface area contributed by atoms with Crippen molar-refractivity contribution in [3.05, 3.63) is 65.8 Å². The fourth-order valence-electron chi connectivity index (χ4n) is 2.92. The number of aromatic nitrogens is 2. The SMILES string of the molecule is O=C(Nc1ccc2c(c1)OCO2)c1cnc(Nc2nccc3ccccc23)s1. The molecule has 0 atom stereocenters. The third-order valence-electron chi connectivity index (χ3n) is 4.26. The van der Waals surface area contributed by atoms with Gasteiger partial charge in [0, 0.05) is 23.3 Å². The van der Waals surface area contributed by atoms with Crippen molar-refractivity contribution in [2.45, 2.75) is 0 Å². The van der Waals surface area contributed by atoms with Crippen LogP contribution in [0.3, 0.4) is 0 Å². The van der Waals surface area contributed by atoms with Crippen molar-refractivity contribution in [1.82, 2.24) is 9.97 Å². The summed E-state index contributed by atoms with van der Waals surface area (Å²) < 4.78 is 10.6. The van der Waals surface area contributed by atoms with Crippen LogP contribution >= 0.6 is 11.3 Å². The topological polar surface area (TPSA) is 85.4 Å². The van der Waals surface area contributed by atoms with Gasteiger partial charge in [-0.25, -0.2) is 9.97 Å². The minimum Gasteiger partial charge on any atom is -0.454 e. The van der Waals surface area contributed by atoms with Gasteiger partial charge >= 0.3 is 0 Å². The third kappa shape index (κ3) is 3.10. The van der Waals surface area contributed by atoms with E-state index >= 15 is 0 Å². The Morgan fingerprint density at radius 1 is 1.04 bits per heavy atom. The van der Waals surface area contributed by atoms with Crippen molar-refractivity contribution in [2.24, 2.45) is 0 Å². The number of hydrogen-bond donors (Lipinski definition) is 2. The molecule has 3 heterocycles. The van der Waals surface area contributed by atoms with Gasteiger partial charge in [-0.2, -0.15) is 0 Å². The molecule has 2 N–H and O–H groups in total. The Morgan fingerprint density at radius 2 is 1.93 bits per heavy atom. The smallest absolute Gasteiger partial charge is 0.267 e. The molecule has 0 aliphatic carbocycles. The monoisotopic (exact) mass is 390 g/mol. The standard InChI is InChI=1S/C20H14N4O3S/c25-19(23-13-5-6-15-16(9-13)27-11-26-15)17-10-22-20(28-17)24-18-14-4-2-1-3-12(14)7-8-21-18/h1-10H,11H2,(H,23,25)(H,21,22,24). The molecule has 2 aromatic carbocycles. The third-order valence-corrected chi connectivity index (χ3v) is 5.17. The number of hydrogen-bond acceptors (Lipinski definition) is 7. The first-order valence-electron chi connectivity index (χ1n) is 8.54. The second-order valence-electron chi connectivity index (χ2n) is 6.06. The van der Waals surface area contributed by atoms with E-state index in [-0.39, 0.29) is 12.7 Å². The van der Waals surface area contributed by atoms with Crippen molar-refractivity contribution in [3.8, 4) is 11.5 Å². The van der Waals surface area contributed by atoms with Crippen LogP contribution in [0.4, 0.5) is 16.6 Å². The largest absolute Gasteiger partial charge is 0.454 e. The lowest BCUT2D eigenvalue weighted by Crippen LogP contribution is -2.09. The summed E-state index contributed by atoms with van der Waals surface area (Å²) in [6.07, 6.45) is 3.28. The van der Waals surface area contributed by atoms with E-state index in [0.29, 0.717) is 33.0 Å². The lowest BCUT2D eigenvalue weighted by atomic mass is 10.2. The second-order valence-corrected chi connectivity index (χ2v) is 7.09. The van der Waals surface area contributed by atoms with Crippen molar-refractivity contribution in [2.75, 3.05) is 17.4 Å². The number of thiazole rings is 1. The van der Waals surface area contributed by atoms with Gasteiger partial charge in [0.1, 0.15) is 10.7 Å².